The summed E-state index contributed by atoms with van der Waals surface area (Å²) in [6, 6.07) is 3.42. The van der Waals surface area contributed by atoms with E-state index < -0.39 is 10.0 Å². The van der Waals surface area contributed by atoms with Crippen LogP contribution in [0.2, 0.25) is 0 Å². The highest BCUT2D eigenvalue weighted by Crippen LogP contribution is 2.34. The van der Waals surface area contributed by atoms with Crippen molar-refractivity contribution in [2.24, 2.45) is 0 Å². The topological polar surface area (TPSA) is 76.7 Å². The summed E-state index contributed by atoms with van der Waals surface area (Å²) in [5, 5.41) is 3.20. The van der Waals surface area contributed by atoms with Gasteiger partial charge in [0.05, 0.1) is 24.7 Å². The molecule has 0 amide bonds. The van der Waals surface area contributed by atoms with Crippen molar-refractivity contribution in [1.82, 2.24) is 10.0 Å². The molecule has 1 aromatic carbocycles. The van der Waals surface area contributed by atoms with Crippen molar-refractivity contribution in [2.45, 2.75) is 36.7 Å². The molecule has 1 aliphatic heterocycles. The van der Waals surface area contributed by atoms with Gasteiger partial charge in [0.15, 0.2) is 0 Å². The molecule has 1 saturated heterocycles. The molecule has 1 fully saturated rings. The maximum absolute atomic E-state index is 12.7. The minimum atomic E-state index is -3.54. The van der Waals surface area contributed by atoms with Crippen LogP contribution in [0.15, 0.2) is 17.0 Å². The van der Waals surface area contributed by atoms with Crippen LogP contribution in [0.4, 0.5) is 0 Å². The molecular formula is C16H24N2O4S. The van der Waals surface area contributed by atoms with Gasteiger partial charge in [-0.3, -0.25) is 0 Å². The average Bonchev–Trinajstić information content (AvgIpc) is 2.60. The minimum Gasteiger partial charge on any atom is -0.496 e. The Balaban J connectivity index is 1.81. The van der Waals surface area contributed by atoms with Crippen LogP contribution in [0.3, 0.4) is 0 Å². The number of hydrogen-bond donors (Lipinski definition) is 2. The lowest BCUT2D eigenvalue weighted by Crippen LogP contribution is -2.45. The molecular weight excluding hydrogens is 316 g/mol. The van der Waals surface area contributed by atoms with Crippen LogP contribution in [-0.4, -0.2) is 47.9 Å². The van der Waals surface area contributed by atoms with Crippen molar-refractivity contribution >= 4 is 10.0 Å². The Morgan fingerprint density at radius 1 is 1.30 bits per heavy atom. The number of methoxy groups -OCH3 is 1. The Morgan fingerprint density at radius 3 is 2.78 bits per heavy atom. The van der Waals surface area contributed by atoms with E-state index in [4.69, 9.17) is 9.47 Å². The number of benzene rings is 1. The molecule has 1 aliphatic carbocycles. The maximum Gasteiger partial charge on any atom is 0.240 e. The summed E-state index contributed by atoms with van der Waals surface area (Å²) in [5.41, 5.74) is 1.95. The van der Waals surface area contributed by atoms with Crippen molar-refractivity contribution in [2.75, 3.05) is 33.4 Å². The largest absolute Gasteiger partial charge is 0.496 e. The molecule has 0 radical (unpaired) electrons. The van der Waals surface area contributed by atoms with E-state index in [1.54, 1.807) is 19.2 Å². The second kappa shape index (κ2) is 7.17. The Kier molecular flexibility index (Phi) is 5.21. The van der Waals surface area contributed by atoms with Crippen molar-refractivity contribution in [1.29, 1.82) is 0 Å². The number of sulfonamides is 1. The third-order valence-corrected chi connectivity index (χ3v) is 5.97. The zero-order chi connectivity index (χ0) is 16.3. The van der Waals surface area contributed by atoms with E-state index in [0.717, 1.165) is 49.1 Å². The predicted octanol–water partition coefficient (Wildman–Crippen LogP) is 0.841. The van der Waals surface area contributed by atoms with Crippen molar-refractivity contribution in [3.05, 3.63) is 23.3 Å². The summed E-state index contributed by atoms with van der Waals surface area (Å²) < 4.78 is 39.1. The van der Waals surface area contributed by atoms with Crippen LogP contribution < -0.4 is 14.8 Å². The van der Waals surface area contributed by atoms with Crippen LogP contribution in [-0.2, 0) is 27.6 Å². The fourth-order valence-electron chi connectivity index (χ4n) is 3.28. The molecule has 6 nitrogen and oxygen atoms in total. The van der Waals surface area contributed by atoms with Crippen LogP contribution >= 0.6 is 0 Å². The summed E-state index contributed by atoms with van der Waals surface area (Å²) in [6.45, 7) is 2.39. The van der Waals surface area contributed by atoms with E-state index in [0.29, 0.717) is 18.0 Å². The van der Waals surface area contributed by atoms with Gasteiger partial charge in [-0.25, -0.2) is 13.1 Å². The van der Waals surface area contributed by atoms with Crippen molar-refractivity contribution in [3.63, 3.8) is 0 Å². The molecule has 1 heterocycles. The first kappa shape index (κ1) is 16.7. The fourth-order valence-corrected chi connectivity index (χ4v) is 4.63. The van der Waals surface area contributed by atoms with Crippen LogP contribution in [0.5, 0.6) is 5.75 Å². The molecule has 0 bridgehead atoms. The van der Waals surface area contributed by atoms with Gasteiger partial charge in [0.1, 0.15) is 5.75 Å². The lowest BCUT2D eigenvalue weighted by molar-refractivity contribution is 0.0324. The lowest BCUT2D eigenvalue weighted by atomic mass is 9.91. The normalized spacial score (nSPS) is 21.7. The molecule has 0 saturated carbocycles. The second-order valence-corrected chi connectivity index (χ2v) is 7.71. The van der Waals surface area contributed by atoms with E-state index in [-0.39, 0.29) is 12.6 Å². The number of nitrogens with one attached hydrogen (secondary N) is 2. The molecule has 2 aliphatic rings. The van der Waals surface area contributed by atoms with Gasteiger partial charge in [0.2, 0.25) is 10.0 Å². The number of fused-ring (bicyclic) bond motifs is 1. The van der Waals surface area contributed by atoms with Gasteiger partial charge in [-0.1, -0.05) is 0 Å². The summed E-state index contributed by atoms with van der Waals surface area (Å²) in [4.78, 5) is 0.386. The first-order chi connectivity index (χ1) is 11.1. The number of morpholine rings is 1. The highest BCUT2D eigenvalue weighted by molar-refractivity contribution is 7.89. The zero-order valence-corrected chi connectivity index (χ0v) is 14.2. The Bertz CT molecular complexity index is 654. The third kappa shape index (κ3) is 3.68. The van der Waals surface area contributed by atoms with Gasteiger partial charge in [-0.05, 0) is 48.9 Å². The quantitative estimate of drug-likeness (QED) is 0.831. The molecule has 128 valence electrons. The summed E-state index contributed by atoms with van der Waals surface area (Å²) in [7, 11) is -1.91. The molecule has 0 aromatic heterocycles. The Hall–Kier alpha value is -1.15. The molecule has 0 spiro atoms. The van der Waals surface area contributed by atoms with E-state index in [1.807, 2.05) is 0 Å². The lowest BCUT2D eigenvalue weighted by Gasteiger charge is -2.25. The van der Waals surface area contributed by atoms with Gasteiger partial charge in [-0.2, -0.15) is 0 Å². The minimum absolute atomic E-state index is 0.118. The highest BCUT2D eigenvalue weighted by Gasteiger charge is 2.26. The fraction of sp³-hybridized carbons (Fsp3) is 0.625. The molecule has 1 unspecified atom stereocenters. The van der Waals surface area contributed by atoms with Crippen LogP contribution in [0.1, 0.15) is 24.0 Å². The zero-order valence-electron chi connectivity index (χ0n) is 13.4. The number of hydrogen-bond acceptors (Lipinski definition) is 5. The van der Waals surface area contributed by atoms with E-state index in [1.165, 1.54) is 0 Å². The maximum atomic E-state index is 12.7. The Labute approximate surface area is 137 Å². The Morgan fingerprint density at radius 2 is 2.09 bits per heavy atom. The third-order valence-electron chi connectivity index (χ3n) is 4.46. The number of rotatable bonds is 5. The van der Waals surface area contributed by atoms with Gasteiger partial charge in [0.25, 0.3) is 0 Å². The average molecular weight is 340 g/mol. The molecule has 3 rings (SSSR count). The van der Waals surface area contributed by atoms with E-state index >= 15 is 0 Å². The summed E-state index contributed by atoms with van der Waals surface area (Å²) >= 11 is 0. The highest BCUT2D eigenvalue weighted by atomic mass is 32.2. The molecule has 7 heteroatoms. The van der Waals surface area contributed by atoms with Crippen molar-refractivity contribution in [3.8, 4) is 5.75 Å². The number of ether oxygens (including phenoxy) is 2. The monoisotopic (exact) mass is 340 g/mol. The summed E-state index contributed by atoms with van der Waals surface area (Å²) in [5.74, 6) is 0.790. The van der Waals surface area contributed by atoms with Gasteiger partial charge >= 0.3 is 0 Å². The molecule has 1 aromatic rings. The molecule has 2 N–H and O–H groups in total. The van der Waals surface area contributed by atoms with Gasteiger partial charge < -0.3 is 14.8 Å². The van der Waals surface area contributed by atoms with E-state index in [2.05, 4.69) is 10.0 Å². The second-order valence-electron chi connectivity index (χ2n) is 5.98. The molecule has 23 heavy (non-hydrogen) atoms. The first-order valence-corrected chi connectivity index (χ1v) is 9.61. The smallest absolute Gasteiger partial charge is 0.240 e. The predicted molar refractivity (Wildman–Crippen MR) is 87.4 cm³/mol. The standard InChI is InChI=1S/C16H24N2O4S/c1-21-15-6-7-16(14-5-3-2-4-13(14)15)23(19,20)18-11-12-10-17-8-9-22-12/h6-7,12,17-18H,2-5,8-11H2,1H3. The summed E-state index contributed by atoms with van der Waals surface area (Å²) in [6.07, 6.45) is 3.62. The van der Waals surface area contributed by atoms with Crippen LogP contribution in [0.25, 0.3) is 0 Å². The van der Waals surface area contributed by atoms with E-state index in [9.17, 15) is 8.42 Å². The first-order valence-electron chi connectivity index (χ1n) is 8.12. The van der Waals surface area contributed by atoms with Gasteiger partial charge in [0, 0.05) is 19.6 Å². The molecule has 1 atom stereocenters. The van der Waals surface area contributed by atoms with Crippen molar-refractivity contribution < 1.29 is 17.9 Å². The SMILES string of the molecule is COc1ccc(S(=O)(=O)NCC2CNCCO2)c2c1CCCC2. The van der Waals surface area contributed by atoms with Crippen LogP contribution in [0, 0.1) is 0 Å². The van der Waals surface area contributed by atoms with Gasteiger partial charge in [-0.15, -0.1) is 0 Å².